The molecule has 0 aliphatic carbocycles. The summed E-state index contributed by atoms with van der Waals surface area (Å²) in [5.41, 5.74) is 1.04. The molecule has 0 spiro atoms. The Morgan fingerprint density at radius 2 is 2.11 bits per heavy atom. The first-order valence-electron chi connectivity index (χ1n) is 5.84. The number of nitriles is 1. The lowest BCUT2D eigenvalue weighted by Gasteiger charge is -2.10. The number of thioether (sulfide) groups is 1. The van der Waals surface area contributed by atoms with Gasteiger partial charge in [-0.15, -0.1) is 11.8 Å². The Hall–Kier alpha value is -1.67. The van der Waals surface area contributed by atoms with Crippen LogP contribution in [0.2, 0.25) is 0 Å². The van der Waals surface area contributed by atoms with Crippen molar-refractivity contribution in [2.24, 2.45) is 0 Å². The predicted molar refractivity (Wildman–Crippen MR) is 71.0 cm³/mol. The highest BCUT2D eigenvalue weighted by molar-refractivity contribution is 7.99. The Balaban J connectivity index is 2.07. The quantitative estimate of drug-likeness (QED) is 0.672. The van der Waals surface area contributed by atoms with E-state index in [1.165, 1.54) is 4.90 Å². The summed E-state index contributed by atoms with van der Waals surface area (Å²) in [6.07, 6.45) is 1.87. The Labute approximate surface area is 111 Å². The van der Waals surface area contributed by atoms with E-state index in [0.717, 1.165) is 10.5 Å². The van der Waals surface area contributed by atoms with Crippen molar-refractivity contribution >= 4 is 17.8 Å². The summed E-state index contributed by atoms with van der Waals surface area (Å²) in [5, 5.41) is 12.1. The van der Waals surface area contributed by atoms with Gasteiger partial charge in [0.1, 0.15) is 0 Å². The minimum atomic E-state index is -0.317. The summed E-state index contributed by atoms with van der Waals surface area (Å²) in [5.74, 6) is 0. The van der Waals surface area contributed by atoms with Gasteiger partial charge in [0, 0.05) is 10.1 Å². The molecule has 1 aliphatic heterocycles. The molecule has 0 saturated carbocycles. The van der Waals surface area contributed by atoms with Crippen molar-refractivity contribution in [1.29, 1.82) is 5.26 Å². The van der Waals surface area contributed by atoms with E-state index in [1.807, 2.05) is 18.3 Å². The zero-order valence-electron chi connectivity index (χ0n) is 10.4. The Morgan fingerprint density at radius 1 is 1.44 bits per heavy atom. The number of nitrogens with one attached hydrogen (secondary N) is 1. The maximum absolute atomic E-state index is 11.4. The molecular formula is C13H15N3OS. The third-order valence-electron chi connectivity index (χ3n) is 2.68. The highest BCUT2D eigenvalue weighted by Crippen LogP contribution is 2.26. The summed E-state index contributed by atoms with van der Waals surface area (Å²) >= 11 is 1.81. The van der Waals surface area contributed by atoms with Gasteiger partial charge in [-0.1, -0.05) is 26.0 Å². The van der Waals surface area contributed by atoms with Crippen molar-refractivity contribution in [3.8, 4) is 6.19 Å². The van der Waals surface area contributed by atoms with E-state index in [4.69, 9.17) is 5.26 Å². The van der Waals surface area contributed by atoms with Gasteiger partial charge in [0.25, 0.3) is 0 Å². The fraction of sp³-hybridized carbons (Fsp3) is 0.385. The number of carbonyl (C=O) groups excluding carboxylic acids is 1. The van der Waals surface area contributed by atoms with E-state index in [-0.39, 0.29) is 12.1 Å². The minimum Gasteiger partial charge on any atom is -0.328 e. The average Bonchev–Trinajstić information content (AvgIpc) is 2.71. The number of hydrogen-bond acceptors (Lipinski definition) is 3. The second kappa shape index (κ2) is 5.32. The van der Waals surface area contributed by atoms with Gasteiger partial charge in [-0.25, -0.2) is 9.69 Å². The van der Waals surface area contributed by atoms with E-state index in [0.29, 0.717) is 11.8 Å². The highest BCUT2D eigenvalue weighted by atomic mass is 32.2. The molecule has 1 atom stereocenters. The summed E-state index contributed by atoms with van der Waals surface area (Å²) in [6.45, 7) is 4.72. The van der Waals surface area contributed by atoms with Crippen LogP contribution in [0.4, 0.5) is 4.79 Å². The number of hydrogen-bond donors (Lipinski definition) is 1. The fourth-order valence-corrected chi connectivity index (χ4v) is 2.70. The third-order valence-corrected chi connectivity index (χ3v) is 3.70. The summed E-state index contributed by atoms with van der Waals surface area (Å²) in [4.78, 5) is 13.7. The minimum absolute atomic E-state index is 0.0877. The predicted octanol–water partition coefficient (Wildman–Crippen LogP) is 2.73. The van der Waals surface area contributed by atoms with Crippen molar-refractivity contribution < 1.29 is 4.79 Å². The first kappa shape index (κ1) is 12.8. The van der Waals surface area contributed by atoms with Crippen LogP contribution in [-0.4, -0.2) is 22.7 Å². The molecule has 1 aromatic carbocycles. The average molecular weight is 261 g/mol. The van der Waals surface area contributed by atoms with E-state index >= 15 is 0 Å². The highest BCUT2D eigenvalue weighted by Gasteiger charge is 2.29. The lowest BCUT2D eigenvalue weighted by Crippen LogP contribution is -2.23. The maximum atomic E-state index is 11.4. The largest absolute Gasteiger partial charge is 0.331 e. The molecule has 1 aromatic rings. The van der Waals surface area contributed by atoms with Crippen molar-refractivity contribution in [3.63, 3.8) is 0 Å². The molecule has 1 unspecified atom stereocenters. The lowest BCUT2D eigenvalue weighted by molar-refractivity contribution is 0.232. The molecule has 1 heterocycles. The van der Waals surface area contributed by atoms with Gasteiger partial charge in [0.05, 0.1) is 12.6 Å². The molecule has 2 rings (SSSR count). The number of benzene rings is 1. The number of carbonyl (C=O) groups is 1. The van der Waals surface area contributed by atoms with Crippen LogP contribution in [0, 0.1) is 11.5 Å². The standard InChI is InChI=1S/C13H15N3OS/c1-9(2)18-11-5-3-10(4-6-11)12-7-16(8-14)13(17)15-12/h3-6,9,12H,7H2,1-2H3,(H,15,17). The van der Waals surface area contributed by atoms with Crippen LogP contribution in [0.5, 0.6) is 0 Å². The Kier molecular flexibility index (Phi) is 3.78. The summed E-state index contributed by atoms with van der Waals surface area (Å²) in [7, 11) is 0. The molecule has 5 heteroatoms. The fourth-order valence-electron chi connectivity index (χ4n) is 1.86. The second-order valence-corrected chi connectivity index (χ2v) is 6.10. The molecule has 0 bridgehead atoms. The maximum Gasteiger partial charge on any atom is 0.331 e. The van der Waals surface area contributed by atoms with E-state index in [1.54, 1.807) is 11.8 Å². The van der Waals surface area contributed by atoms with Crippen molar-refractivity contribution in [2.75, 3.05) is 6.54 Å². The third kappa shape index (κ3) is 2.77. The molecule has 18 heavy (non-hydrogen) atoms. The van der Waals surface area contributed by atoms with Crippen LogP contribution < -0.4 is 5.32 Å². The molecule has 1 aliphatic rings. The molecule has 1 saturated heterocycles. The van der Waals surface area contributed by atoms with Crippen molar-refractivity contribution in [1.82, 2.24) is 10.2 Å². The molecule has 0 aromatic heterocycles. The topological polar surface area (TPSA) is 56.1 Å². The number of urea groups is 1. The van der Waals surface area contributed by atoms with Gasteiger partial charge in [-0.2, -0.15) is 5.26 Å². The molecule has 4 nitrogen and oxygen atoms in total. The van der Waals surface area contributed by atoms with Crippen molar-refractivity contribution in [2.45, 2.75) is 30.0 Å². The lowest BCUT2D eigenvalue weighted by atomic mass is 10.1. The van der Waals surface area contributed by atoms with Crippen molar-refractivity contribution in [3.05, 3.63) is 29.8 Å². The van der Waals surface area contributed by atoms with Crippen LogP contribution in [0.15, 0.2) is 29.2 Å². The van der Waals surface area contributed by atoms with E-state index < -0.39 is 0 Å². The molecular weight excluding hydrogens is 246 g/mol. The van der Waals surface area contributed by atoms with E-state index in [2.05, 4.69) is 31.3 Å². The zero-order chi connectivity index (χ0) is 13.1. The first-order valence-corrected chi connectivity index (χ1v) is 6.72. The second-order valence-electron chi connectivity index (χ2n) is 4.45. The van der Waals surface area contributed by atoms with Gasteiger partial charge in [0.15, 0.2) is 6.19 Å². The SMILES string of the molecule is CC(C)Sc1ccc(C2CN(C#N)C(=O)N2)cc1. The Morgan fingerprint density at radius 3 is 2.61 bits per heavy atom. The van der Waals surface area contributed by atoms with Crippen LogP contribution in [0.3, 0.4) is 0 Å². The normalized spacial score (nSPS) is 18.9. The molecule has 1 fully saturated rings. The monoisotopic (exact) mass is 261 g/mol. The molecule has 1 N–H and O–H groups in total. The number of nitrogens with zero attached hydrogens (tertiary/aromatic N) is 2. The van der Waals surface area contributed by atoms with Crippen LogP contribution in [0.25, 0.3) is 0 Å². The molecule has 2 amide bonds. The number of amides is 2. The summed E-state index contributed by atoms with van der Waals surface area (Å²) in [6, 6.07) is 7.73. The van der Waals surface area contributed by atoms with Crippen LogP contribution in [0.1, 0.15) is 25.5 Å². The van der Waals surface area contributed by atoms with Gasteiger partial charge >= 0.3 is 6.03 Å². The van der Waals surface area contributed by atoms with Crippen LogP contribution in [-0.2, 0) is 0 Å². The van der Waals surface area contributed by atoms with Crippen LogP contribution >= 0.6 is 11.8 Å². The van der Waals surface area contributed by atoms with E-state index in [9.17, 15) is 4.79 Å². The first-order chi connectivity index (χ1) is 8.60. The molecule has 94 valence electrons. The van der Waals surface area contributed by atoms with Gasteiger partial charge < -0.3 is 5.32 Å². The Bertz CT molecular complexity index is 478. The smallest absolute Gasteiger partial charge is 0.328 e. The van der Waals surface area contributed by atoms with Gasteiger partial charge in [-0.05, 0) is 17.7 Å². The number of rotatable bonds is 3. The summed E-state index contributed by atoms with van der Waals surface area (Å²) < 4.78 is 0. The zero-order valence-corrected chi connectivity index (χ0v) is 11.2. The van der Waals surface area contributed by atoms with Gasteiger partial charge in [-0.3, -0.25) is 0 Å². The molecule has 0 radical (unpaired) electrons. The van der Waals surface area contributed by atoms with Gasteiger partial charge in [0.2, 0.25) is 0 Å².